The van der Waals surface area contributed by atoms with Gasteiger partial charge >= 0.3 is 5.97 Å². The number of hydrogen-bond acceptors (Lipinski definition) is 7. The molecule has 1 fully saturated rings. The molecule has 2 aromatic rings. The van der Waals surface area contributed by atoms with Crippen molar-refractivity contribution >= 4 is 29.5 Å². The van der Waals surface area contributed by atoms with Gasteiger partial charge in [0.15, 0.2) is 5.16 Å². The fraction of sp³-hybridized carbons (Fsp3) is 0.538. The van der Waals surface area contributed by atoms with Crippen LogP contribution in [0.25, 0.3) is 0 Å². The first-order valence-electron chi connectivity index (χ1n) is 12.3. The molecule has 0 atom stereocenters. The van der Waals surface area contributed by atoms with Crippen LogP contribution in [0.15, 0.2) is 35.5 Å². The number of carbonyl (C=O) groups is 2. The zero-order valence-corrected chi connectivity index (χ0v) is 21.6. The average molecular weight is 485 g/mol. The molecular weight excluding hydrogens is 448 g/mol. The molecule has 0 saturated carbocycles. The summed E-state index contributed by atoms with van der Waals surface area (Å²) in [5, 5.41) is 0.763. The molecule has 2 heterocycles. The molecule has 0 spiro atoms. The summed E-state index contributed by atoms with van der Waals surface area (Å²) in [5.74, 6) is 1.42. The van der Waals surface area contributed by atoms with Crippen molar-refractivity contribution in [1.29, 1.82) is 0 Å². The van der Waals surface area contributed by atoms with Crippen LogP contribution >= 0.6 is 11.8 Å². The van der Waals surface area contributed by atoms with Crippen molar-refractivity contribution in [3.63, 3.8) is 0 Å². The number of thioether (sulfide) groups is 1. The predicted molar refractivity (Wildman–Crippen MR) is 136 cm³/mol. The number of anilines is 1. The summed E-state index contributed by atoms with van der Waals surface area (Å²) < 4.78 is 5.13. The second-order valence-corrected chi connectivity index (χ2v) is 9.28. The van der Waals surface area contributed by atoms with Crippen molar-refractivity contribution in [2.75, 3.05) is 37.7 Å². The van der Waals surface area contributed by atoms with E-state index in [1.54, 1.807) is 11.8 Å². The van der Waals surface area contributed by atoms with Crippen molar-refractivity contribution in [1.82, 2.24) is 14.9 Å². The minimum atomic E-state index is -0.146. The van der Waals surface area contributed by atoms with Crippen LogP contribution in [0, 0.1) is 5.92 Å². The molecule has 0 radical (unpaired) electrons. The minimum absolute atomic E-state index is 0.0159. The van der Waals surface area contributed by atoms with E-state index in [0.29, 0.717) is 43.9 Å². The molecule has 1 aliphatic heterocycles. The SMILES string of the molecule is CCOC(=O)C1CCN(C(=O)c2cccc(CSc3nc(CC)cc(N(CC)CC)n3)c2)CC1. The topological polar surface area (TPSA) is 75.6 Å². The quantitative estimate of drug-likeness (QED) is 0.277. The van der Waals surface area contributed by atoms with E-state index < -0.39 is 0 Å². The second-order valence-electron chi connectivity index (χ2n) is 8.33. The highest BCUT2D eigenvalue weighted by atomic mass is 32.2. The van der Waals surface area contributed by atoms with Crippen LogP contribution in [0.2, 0.25) is 0 Å². The zero-order valence-electron chi connectivity index (χ0n) is 20.7. The average Bonchev–Trinajstić information content (AvgIpc) is 2.88. The van der Waals surface area contributed by atoms with Gasteiger partial charge in [-0.1, -0.05) is 30.8 Å². The van der Waals surface area contributed by atoms with Gasteiger partial charge in [0, 0.05) is 49.3 Å². The van der Waals surface area contributed by atoms with E-state index in [1.807, 2.05) is 36.1 Å². The third-order valence-electron chi connectivity index (χ3n) is 6.14. The van der Waals surface area contributed by atoms with Crippen LogP contribution < -0.4 is 4.90 Å². The lowest BCUT2D eigenvalue weighted by Gasteiger charge is -2.31. The highest BCUT2D eigenvalue weighted by Gasteiger charge is 2.28. The first kappa shape index (κ1) is 26.0. The fourth-order valence-corrected chi connectivity index (χ4v) is 4.93. The summed E-state index contributed by atoms with van der Waals surface area (Å²) in [6, 6.07) is 9.86. The third-order valence-corrected chi connectivity index (χ3v) is 7.06. The number of ether oxygens (including phenoxy) is 1. The number of aryl methyl sites for hydroxylation is 1. The molecule has 0 unspecified atom stereocenters. The van der Waals surface area contributed by atoms with Gasteiger partial charge < -0.3 is 14.5 Å². The predicted octanol–water partition coefficient (Wildman–Crippen LogP) is 4.59. The van der Waals surface area contributed by atoms with Gasteiger partial charge in [-0.25, -0.2) is 9.97 Å². The molecule has 0 N–H and O–H groups in total. The Labute approximate surface area is 207 Å². The lowest BCUT2D eigenvalue weighted by molar-refractivity contribution is -0.149. The monoisotopic (exact) mass is 484 g/mol. The van der Waals surface area contributed by atoms with E-state index in [4.69, 9.17) is 14.7 Å². The van der Waals surface area contributed by atoms with Crippen LogP contribution in [0.5, 0.6) is 0 Å². The Morgan fingerprint density at radius 3 is 2.47 bits per heavy atom. The summed E-state index contributed by atoms with van der Waals surface area (Å²) >= 11 is 1.59. The largest absolute Gasteiger partial charge is 0.466 e. The number of likely N-dealkylation sites (tertiary alicyclic amines) is 1. The van der Waals surface area contributed by atoms with E-state index >= 15 is 0 Å². The third kappa shape index (κ3) is 6.72. The second kappa shape index (κ2) is 12.7. The molecule has 0 bridgehead atoms. The number of piperidine rings is 1. The first-order valence-corrected chi connectivity index (χ1v) is 13.3. The Morgan fingerprint density at radius 1 is 1.09 bits per heavy atom. The van der Waals surface area contributed by atoms with E-state index in [0.717, 1.165) is 41.7 Å². The lowest BCUT2D eigenvalue weighted by Crippen LogP contribution is -2.40. The normalized spacial score (nSPS) is 14.2. The van der Waals surface area contributed by atoms with Crippen molar-refractivity contribution in [2.24, 2.45) is 5.92 Å². The van der Waals surface area contributed by atoms with Crippen LogP contribution in [-0.4, -0.2) is 59.5 Å². The maximum absolute atomic E-state index is 13.1. The van der Waals surface area contributed by atoms with Gasteiger partial charge in [-0.3, -0.25) is 9.59 Å². The van der Waals surface area contributed by atoms with Gasteiger partial charge in [0.1, 0.15) is 5.82 Å². The molecule has 0 aliphatic carbocycles. The number of benzene rings is 1. The summed E-state index contributed by atoms with van der Waals surface area (Å²) in [6.45, 7) is 11.5. The number of esters is 1. The van der Waals surface area contributed by atoms with E-state index in [1.165, 1.54) is 0 Å². The number of nitrogens with zero attached hydrogens (tertiary/aromatic N) is 4. The van der Waals surface area contributed by atoms with Gasteiger partial charge in [-0.2, -0.15) is 0 Å². The highest BCUT2D eigenvalue weighted by molar-refractivity contribution is 7.98. The molecule has 1 amide bonds. The number of carbonyl (C=O) groups excluding carboxylic acids is 2. The molecule has 1 aromatic carbocycles. The zero-order chi connectivity index (χ0) is 24.5. The Kier molecular flexibility index (Phi) is 9.74. The Morgan fingerprint density at radius 2 is 1.82 bits per heavy atom. The smallest absolute Gasteiger partial charge is 0.309 e. The van der Waals surface area contributed by atoms with Crippen molar-refractivity contribution in [3.8, 4) is 0 Å². The molecule has 34 heavy (non-hydrogen) atoms. The van der Waals surface area contributed by atoms with Gasteiger partial charge in [0.2, 0.25) is 0 Å². The van der Waals surface area contributed by atoms with E-state index in [9.17, 15) is 9.59 Å². The Hall–Kier alpha value is -2.61. The standard InChI is InChI=1S/C26H36N4O3S/c1-5-22-17-23(29(6-2)7-3)28-26(27-22)34-18-19-10-9-11-21(16-19)24(31)30-14-12-20(13-15-30)25(32)33-8-4/h9-11,16-17,20H,5-8,12-15,18H2,1-4H3. The minimum Gasteiger partial charge on any atom is -0.466 e. The summed E-state index contributed by atoms with van der Waals surface area (Å²) in [5.41, 5.74) is 2.78. The van der Waals surface area contributed by atoms with Gasteiger partial charge in [0.05, 0.1) is 12.5 Å². The first-order chi connectivity index (χ1) is 16.5. The van der Waals surface area contributed by atoms with Crippen LogP contribution in [0.1, 0.15) is 62.2 Å². The Bertz CT molecular complexity index is 972. The van der Waals surface area contributed by atoms with E-state index in [2.05, 4.69) is 31.7 Å². The number of rotatable bonds is 10. The van der Waals surface area contributed by atoms with Gasteiger partial charge in [0.25, 0.3) is 5.91 Å². The number of amides is 1. The number of hydrogen-bond donors (Lipinski definition) is 0. The molecule has 8 heteroatoms. The summed E-state index contributed by atoms with van der Waals surface area (Å²) in [6.07, 6.45) is 2.17. The Balaban J connectivity index is 1.63. The van der Waals surface area contributed by atoms with Crippen molar-refractivity contribution < 1.29 is 14.3 Å². The van der Waals surface area contributed by atoms with Gasteiger partial charge in [-0.05, 0) is 57.7 Å². The molecule has 1 aromatic heterocycles. The van der Waals surface area contributed by atoms with Crippen LogP contribution in [0.3, 0.4) is 0 Å². The van der Waals surface area contributed by atoms with Gasteiger partial charge in [-0.15, -0.1) is 0 Å². The van der Waals surface area contributed by atoms with E-state index in [-0.39, 0.29) is 17.8 Å². The maximum atomic E-state index is 13.1. The fourth-order valence-electron chi connectivity index (χ4n) is 4.12. The summed E-state index contributed by atoms with van der Waals surface area (Å²) in [7, 11) is 0. The molecule has 1 aliphatic rings. The number of aromatic nitrogens is 2. The van der Waals surface area contributed by atoms with Crippen LogP contribution in [0.4, 0.5) is 5.82 Å². The summed E-state index contributed by atoms with van der Waals surface area (Å²) in [4.78, 5) is 38.6. The molecule has 184 valence electrons. The maximum Gasteiger partial charge on any atom is 0.309 e. The van der Waals surface area contributed by atoms with Crippen LogP contribution in [-0.2, 0) is 21.7 Å². The van der Waals surface area contributed by atoms with Crippen molar-refractivity contribution in [2.45, 2.75) is 57.9 Å². The molecule has 3 rings (SSSR count). The highest BCUT2D eigenvalue weighted by Crippen LogP contribution is 2.25. The van der Waals surface area contributed by atoms with Crippen molar-refractivity contribution in [3.05, 3.63) is 47.2 Å². The molecule has 7 nitrogen and oxygen atoms in total. The lowest BCUT2D eigenvalue weighted by atomic mass is 9.96. The molecule has 1 saturated heterocycles. The molecular formula is C26H36N4O3S.